The van der Waals surface area contributed by atoms with E-state index in [9.17, 15) is 9.59 Å². The van der Waals surface area contributed by atoms with Gasteiger partial charge in [0.05, 0.1) is 0 Å². The molecule has 2 N–H and O–H groups in total. The van der Waals surface area contributed by atoms with Crippen LogP contribution < -0.4 is 15.5 Å². The Hall–Kier alpha value is -3.41. The van der Waals surface area contributed by atoms with Gasteiger partial charge in [-0.1, -0.05) is 36.4 Å². The van der Waals surface area contributed by atoms with Crippen LogP contribution in [0.5, 0.6) is 5.75 Å². The van der Waals surface area contributed by atoms with E-state index in [1.165, 1.54) is 12.3 Å². The number of benzene rings is 1. The average Bonchev–Trinajstić information content (AvgIpc) is 2.63. The number of hydrogen-bond donors (Lipinski definition) is 2. The first-order valence-electron chi connectivity index (χ1n) is 7.76. The summed E-state index contributed by atoms with van der Waals surface area (Å²) in [6.45, 7) is 2.12. The van der Waals surface area contributed by atoms with Gasteiger partial charge in [0.1, 0.15) is 18.1 Å². The molecular weight excluding hydrogens is 318 g/mol. The first kappa shape index (κ1) is 16.4. The average molecular weight is 335 g/mol. The Balaban J connectivity index is 1.70. The third-order valence-corrected chi connectivity index (χ3v) is 3.60. The number of pyridine rings is 2. The van der Waals surface area contributed by atoms with Gasteiger partial charge in [0.2, 0.25) is 5.43 Å². The van der Waals surface area contributed by atoms with Gasteiger partial charge < -0.3 is 15.0 Å². The summed E-state index contributed by atoms with van der Waals surface area (Å²) in [4.78, 5) is 31.3. The minimum Gasteiger partial charge on any atom is -0.483 e. The van der Waals surface area contributed by atoms with Crippen LogP contribution in [-0.2, 0) is 6.61 Å². The zero-order valence-corrected chi connectivity index (χ0v) is 13.7. The SMILES string of the molecule is Cc1cccnc1NC(=O)c1cc(=O)c(OCc2ccccc2)c[nH]1. The zero-order valence-electron chi connectivity index (χ0n) is 13.7. The summed E-state index contributed by atoms with van der Waals surface area (Å²) < 4.78 is 5.51. The zero-order chi connectivity index (χ0) is 17.6. The van der Waals surface area contributed by atoms with Crippen LogP contribution in [0.1, 0.15) is 21.6 Å². The lowest BCUT2D eigenvalue weighted by molar-refractivity contribution is 0.102. The van der Waals surface area contributed by atoms with Crippen molar-refractivity contribution in [2.24, 2.45) is 0 Å². The van der Waals surface area contributed by atoms with Crippen LogP contribution >= 0.6 is 0 Å². The minimum absolute atomic E-state index is 0.141. The molecule has 6 heteroatoms. The van der Waals surface area contributed by atoms with Crippen LogP contribution in [0.2, 0.25) is 0 Å². The van der Waals surface area contributed by atoms with E-state index in [1.807, 2.05) is 43.3 Å². The molecule has 2 heterocycles. The largest absolute Gasteiger partial charge is 0.483 e. The van der Waals surface area contributed by atoms with E-state index in [1.54, 1.807) is 12.3 Å². The lowest BCUT2D eigenvalue weighted by Gasteiger charge is -2.08. The second-order valence-corrected chi connectivity index (χ2v) is 5.47. The predicted molar refractivity (Wildman–Crippen MR) is 94.8 cm³/mol. The molecule has 0 atom stereocenters. The van der Waals surface area contributed by atoms with Crippen molar-refractivity contribution in [1.29, 1.82) is 0 Å². The van der Waals surface area contributed by atoms with Gasteiger partial charge in [-0.15, -0.1) is 0 Å². The fraction of sp³-hybridized carbons (Fsp3) is 0.105. The molecule has 0 aliphatic rings. The number of aromatic nitrogens is 2. The lowest BCUT2D eigenvalue weighted by atomic mass is 10.2. The molecule has 6 nitrogen and oxygen atoms in total. The topological polar surface area (TPSA) is 84.1 Å². The molecule has 0 saturated heterocycles. The van der Waals surface area contributed by atoms with Gasteiger partial charge in [-0.25, -0.2) is 4.98 Å². The van der Waals surface area contributed by atoms with Crippen molar-refractivity contribution >= 4 is 11.7 Å². The van der Waals surface area contributed by atoms with Gasteiger partial charge in [0.25, 0.3) is 5.91 Å². The number of nitrogens with one attached hydrogen (secondary N) is 2. The van der Waals surface area contributed by atoms with Gasteiger partial charge in [-0.05, 0) is 24.1 Å². The Labute approximate surface area is 144 Å². The number of ether oxygens (including phenoxy) is 1. The number of anilines is 1. The number of amides is 1. The summed E-state index contributed by atoms with van der Waals surface area (Å²) in [5, 5.41) is 2.67. The van der Waals surface area contributed by atoms with Crippen LogP contribution in [0.4, 0.5) is 5.82 Å². The van der Waals surface area contributed by atoms with Crippen molar-refractivity contribution < 1.29 is 9.53 Å². The summed E-state index contributed by atoms with van der Waals surface area (Å²) in [6, 6.07) is 14.4. The maximum Gasteiger partial charge on any atom is 0.273 e. The quantitative estimate of drug-likeness (QED) is 0.751. The van der Waals surface area contributed by atoms with Crippen molar-refractivity contribution in [2.75, 3.05) is 5.32 Å². The minimum atomic E-state index is -0.437. The smallest absolute Gasteiger partial charge is 0.273 e. The summed E-state index contributed by atoms with van der Waals surface area (Å²) in [5.74, 6) is 0.181. The highest BCUT2D eigenvalue weighted by atomic mass is 16.5. The number of aryl methyl sites for hydroxylation is 1. The normalized spacial score (nSPS) is 10.3. The molecule has 2 aromatic heterocycles. The number of aromatic amines is 1. The van der Waals surface area contributed by atoms with E-state index in [-0.39, 0.29) is 23.5 Å². The van der Waals surface area contributed by atoms with Crippen molar-refractivity contribution in [1.82, 2.24) is 9.97 Å². The number of H-pyrrole nitrogens is 1. The fourth-order valence-electron chi connectivity index (χ4n) is 2.23. The van der Waals surface area contributed by atoms with Gasteiger partial charge in [-0.2, -0.15) is 0 Å². The molecule has 0 bridgehead atoms. The van der Waals surface area contributed by atoms with Gasteiger partial charge >= 0.3 is 0 Å². The molecule has 0 radical (unpaired) electrons. The molecule has 0 aliphatic carbocycles. The molecule has 0 unspecified atom stereocenters. The number of rotatable bonds is 5. The summed E-state index contributed by atoms with van der Waals surface area (Å²) in [5.41, 5.74) is 1.56. The lowest BCUT2D eigenvalue weighted by Crippen LogP contribution is -2.18. The molecule has 25 heavy (non-hydrogen) atoms. The van der Waals surface area contributed by atoms with E-state index in [0.717, 1.165) is 11.1 Å². The first-order valence-corrected chi connectivity index (χ1v) is 7.76. The molecule has 1 amide bonds. The first-order chi connectivity index (χ1) is 12.1. The second kappa shape index (κ2) is 7.44. The van der Waals surface area contributed by atoms with Crippen LogP contribution in [-0.4, -0.2) is 15.9 Å². The third-order valence-electron chi connectivity index (χ3n) is 3.60. The Morgan fingerprint density at radius 2 is 2.00 bits per heavy atom. The van der Waals surface area contributed by atoms with E-state index in [4.69, 9.17) is 4.74 Å². The number of nitrogens with zero attached hydrogens (tertiary/aromatic N) is 1. The Morgan fingerprint density at radius 1 is 1.20 bits per heavy atom. The molecule has 1 aromatic carbocycles. The molecule has 126 valence electrons. The third kappa shape index (κ3) is 4.11. The standard InChI is InChI=1S/C19H17N3O3/c1-13-6-5-9-20-18(13)22-19(24)15-10-16(23)17(11-21-15)25-12-14-7-3-2-4-8-14/h2-11H,12H2,1H3,(H,21,23)(H,20,22,24). The Bertz CT molecular complexity index is 936. The maximum atomic E-state index is 12.2. The van der Waals surface area contributed by atoms with E-state index >= 15 is 0 Å². The van der Waals surface area contributed by atoms with Crippen LogP contribution in [0.15, 0.2) is 65.7 Å². The molecule has 0 aliphatic heterocycles. The van der Waals surface area contributed by atoms with Crippen LogP contribution in [0.3, 0.4) is 0 Å². The number of carbonyl (C=O) groups excluding carboxylic acids is 1. The molecule has 3 rings (SSSR count). The van der Waals surface area contributed by atoms with E-state index in [0.29, 0.717) is 5.82 Å². The van der Waals surface area contributed by atoms with Crippen molar-refractivity contribution in [3.8, 4) is 5.75 Å². The Morgan fingerprint density at radius 3 is 2.72 bits per heavy atom. The highest BCUT2D eigenvalue weighted by molar-refractivity contribution is 6.02. The van der Waals surface area contributed by atoms with Crippen molar-refractivity contribution in [2.45, 2.75) is 13.5 Å². The molecule has 0 fully saturated rings. The molecule has 0 spiro atoms. The number of carbonyl (C=O) groups is 1. The van der Waals surface area contributed by atoms with Crippen molar-refractivity contribution in [3.05, 3.63) is 88.0 Å². The second-order valence-electron chi connectivity index (χ2n) is 5.47. The number of hydrogen-bond acceptors (Lipinski definition) is 4. The predicted octanol–water partition coefficient (Wildman–Crippen LogP) is 2.91. The van der Waals surface area contributed by atoms with Gasteiger partial charge in [0.15, 0.2) is 5.75 Å². The summed E-state index contributed by atoms with van der Waals surface area (Å²) in [6.07, 6.45) is 2.98. The van der Waals surface area contributed by atoms with Crippen LogP contribution in [0, 0.1) is 6.92 Å². The van der Waals surface area contributed by atoms with E-state index < -0.39 is 5.91 Å². The van der Waals surface area contributed by atoms with E-state index in [2.05, 4.69) is 15.3 Å². The van der Waals surface area contributed by atoms with Crippen LogP contribution in [0.25, 0.3) is 0 Å². The van der Waals surface area contributed by atoms with Gasteiger partial charge in [0, 0.05) is 18.5 Å². The molecule has 0 saturated carbocycles. The molecular formula is C19H17N3O3. The van der Waals surface area contributed by atoms with Gasteiger partial charge in [-0.3, -0.25) is 9.59 Å². The van der Waals surface area contributed by atoms with Crippen molar-refractivity contribution in [3.63, 3.8) is 0 Å². The summed E-state index contributed by atoms with van der Waals surface area (Å²) >= 11 is 0. The highest BCUT2D eigenvalue weighted by Gasteiger charge is 2.11. The highest BCUT2D eigenvalue weighted by Crippen LogP contribution is 2.11. The Kier molecular flexibility index (Phi) is 4.89. The molecule has 3 aromatic rings. The summed E-state index contributed by atoms with van der Waals surface area (Å²) in [7, 11) is 0. The fourth-order valence-corrected chi connectivity index (χ4v) is 2.23. The maximum absolute atomic E-state index is 12.2. The monoisotopic (exact) mass is 335 g/mol.